The summed E-state index contributed by atoms with van der Waals surface area (Å²) in [6.07, 6.45) is 4.95. The van der Waals surface area contributed by atoms with Crippen LogP contribution in [-0.2, 0) is 19.4 Å². The minimum absolute atomic E-state index is 0.0301. The third kappa shape index (κ3) is 2.80. The van der Waals surface area contributed by atoms with E-state index in [9.17, 15) is 10.1 Å². The Balaban J connectivity index is 1.75. The lowest BCUT2D eigenvalue weighted by Gasteiger charge is -2.08. The van der Waals surface area contributed by atoms with Crippen molar-refractivity contribution in [3.63, 3.8) is 0 Å². The molecule has 0 amide bonds. The second kappa shape index (κ2) is 5.73. The molecule has 2 heterocycles. The maximum Gasteiger partial charge on any atom is 0.291 e. The number of anilines is 1. The highest BCUT2D eigenvalue weighted by molar-refractivity contribution is 9.10. The first-order valence-corrected chi connectivity index (χ1v) is 8.31. The SMILES string of the molecule is Cc1c([N+](=O)[O-])cnc(NCc2cc3c(s2)CCC3)c1Br. The van der Waals surface area contributed by atoms with Gasteiger partial charge in [0.2, 0.25) is 0 Å². The van der Waals surface area contributed by atoms with Crippen molar-refractivity contribution in [1.29, 1.82) is 0 Å². The number of nitrogens with one attached hydrogen (secondary N) is 1. The van der Waals surface area contributed by atoms with Crippen molar-refractivity contribution in [3.8, 4) is 0 Å². The summed E-state index contributed by atoms with van der Waals surface area (Å²) in [6, 6.07) is 2.26. The van der Waals surface area contributed by atoms with Crippen LogP contribution in [0.4, 0.5) is 11.5 Å². The Morgan fingerprint density at radius 1 is 1.52 bits per heavy atom. The summed E-state index contributed by atoms with van der Waals surface area (Å²) in [7, 11) is 0. The van der Waals surface area contributed by atoms with Crippen LogP contribution in [0, 0.1) is 17.0 Å². The molecule has 0 bridgehead atoms. The fourth-order valence-electron chi connectivity index (χ4n) is 2.53. The van der Waals surface area contributed by atoms with Crippen LogP contribution in [0.2, 0.25) is 0 Å². The summed E-state index contributed by atoms with van der Waals surface area (Å²) in [5.74, 6) is 0.645. The van der Waals surface area contributed by atoms with E-state index in [1.807, 2.05) is 11.3 Å². The Hall–Kier alpha value is -1.47. The highest BCUT2D eigenvalue weighted by atomic mass is 79.9. The summed E-state index contributed by atoms with van der Waals surface area (Å²) >= 11 is 5.24. The molecule has 2 aromatic heterocycles. The van der Waals surface area contributed by atoms with Gasteiger partial charge in [-0.3, -0.25) is 10.1 Å². The summed E-state index contributed by atoms with van der Waals surface area (Å²) in [4.78, 5) is 17.4. The van der Waals surface area contributed by atoms with Crippen LogP contribution in [0.3, 0.4) is 0 Å². The van der Waals surface area contributed by atoms with Gasteiger partial charge in [0.25, 0.3) is 5.69 Å². The molecular formula is C14H14BrN3O2S. The molecule has 7 heteroatoms. The second-order valence-electron chi connectivity index (χ2n) is 5.06. The molecule has 0 saturated carbocycles. The molecule has 21 heavy (non-hydrogen) atoms. The van der Waals surface area contributed by atoms with Crippen LogP contribution in [0.15, 0.2) is 16.7 Å². The lowest BCUT2D eigenvalue weighted by molar-refractivity contribution is -0.385. The van der Waals surface area contributed by atoms with Crippen LogP contribution < -0.4 is 5.32 Å². The molecule has 0 unspecified atom stereocenters. The van der Waals surface area contributed by atoms with Gasteiger partial charge >= 0.3 is 0 Å². The van der Waals surface area contributed by atoms with Gasteiger partial charge in [-0.25, -0.2) is 4.98 Å². The van der Waals surface area contributed by atoms with Crippen molar-refractivity contribution >= 4 is 38.8 Å². The zero-order chi connectivity index (χ0) is 15.0. The molecule has 0 saturated heterocycles. The topological polar surface area (TPSA) is 68.1 Å². The number of nitro groups is 1. The Morgan fingerprint density at radius 2 is 2.33 bits per heavy atom. The monoisotopic (exact) mass is 367 g/mol. The smallest absolute Gasteiger partial charge is 0.291 e. The Bertz CT molecular complexity index is 693. The van der Waals surface area contributed by atoms with Crippen molar-refractivity contribution in [3.05, 3.63) is 47.7 Å². The van der Waals surface area contributed by atoms with Gasteiger partial charge in [0.05, 0.1) is 15.9 Å². The van der Waals surface area contributed by atoms with Gasteiger partial charge < -0.3 is 5.32 Å². The van der Waals surface area contributed by atoms with E-state index < -0.39 is 4.92 Å². The number of hydrogen-bond donors (Lipinski definition) is 1. The fraction of sp³-hybridized carbons (Fsp3) is 0.357. The van der Waals surface area contributed by atoms with Crippen LogP contribution in [-0.4, -0.2) is 9.91 Å². The molecule has 1 aliphatic rings. The van der Waals surface area contributed by atoms with E-state index in [2.05, 4.69) is 32.3 Å². The first kappa shape index (κ1) is 14.5. The minimum atomic E-state index is -0.416. The van der Waals surface area contributed by atoms with Crippen LogP contribution in [0.25, 0.3) is 0 Å². The van der Waals surface area contributed by atoms with E-state index in [-0.39, 0.29) is 5.69 Å². The van der Waals surface area contributed by atoms with E-state index in [4.69, 9.17) is 0 Å². The van der Waals surface area contributed by atoms with Crippen molar-refractivity contribution < 1.29 is 4.92 Å². The van der Waals surface area contributed by atoms with Gasteiger partial charge in [-0.1, -0.05) is 0 Å². The van der Waals surface area contributed by atoms with Gasteiger partial charge in [0.1, 0.15) is 12.0 Å². The largest absolute Gasteiger partial charge is 0.364 e. The maximum absolute atomic E-state index is 10.9. The van der Waals surface area contributed by atoms with Crippen LogP contribution >= 0.6 is 27.3 Å². The molecule has 110 valence electrons. The molecule has 0 radical (unpaired) electrons. The predicted molar refractivity (Wildman–Crippen MR) is 87.0 cm³/mol. The van der Waals surface area contributed by atoms with Gasteiger partial charge in [0.15, 0.2) is 0 Å². The summed E-state index contributed by atoms with van der Waals surface area (Å²) in [6.45, 7) is 2.41. The van der Waals surface area contributed by atoms with Gasteiger partial charge in [0, 0.05) is 15.3 Å². The lowest BCUT2D eigenvalue weighted by Crippen LogP contribution is -2.03. The molecule has 0 spiro atoms. The van der Waals surface area contributed by atoms with Crippen LogP contribution in [0.1, 0.15) is 27.3 Å². The Kier molecular flexibility index (Phi) is 3.95. The first-order valence-electron chi connectivity index (χ1n) is 6.70. The number of pyridine rings is 1. The van der Waals surface area contributed by atoms with E-state index in [1.54, 1.807) is 6.92 Å². The molecule has 0 atom stereocenters. The number of nitrogens with zero attached hydrogens (tertiary/aromatic N) is 2. The standard InChI is InChI=1S/C14H14BrN3O2S/c1-8-11(18(19)20)7-17-14(13(8)15)16-6-10-5-9-3-2-4-12(9)21-10/h5,7H,2-4,6H2,1H3,(H,16,17). The number of thiophene rings is 1. The predicted octanol–water partition coefficient (Wildman–Crippen LogP) is 4.22. The molecule has 5 nitrogen and oxygen atoms in total. The molecule has 3 rings (SSSR count). The maximum atomic E-state index is 10.9. The third-order valence-corrected chi connectivity index (χ3v) is 5.87. The van der Waals surface area contributed by atoms with E-state index in [1.165, 1.54) is 40.8 Å². The van der Waals surface area contributed by atoms with Crippen LogP contribution in [0.5, 0.6) is 0 Å². The molecule has 2 aromatic rings. The quantitative estimate of drug-likeness (QED) is 0.648. The zero-order valence-electron chi connectivity index (χ0n) is 11.5. The summed E-state index contributed by atoms with van der Waals surface area (Å²) in [5.41, 5.74) is 2.09. The fourth-order valence-corrected chi connectivity index (χ4v) is 4.17. The average Bonchev–Trinajstić information content (AvgIpc) is 3.01. The summed E-state index contributed by atoms with van der Waals surface area (Å²) in [5, 5.41) is 14.1. The van der Waals surface area contributed by atoms with Crippen molar-refractivity contribution in [1.82, 2.24) is 4.98 Å². The van der Waals surface area contributed by atoms with Gasteiger partial charge in [-0.05, 0) is 53.7 Å². The molecule has 1 aliphatic carbocycles. The number of rotatable bonds is 4. The number of aryl methyl sites for hydroxylation is 2. The number of halogens is 1. The molecule has 1 N–H and O–H groups in total. The van der Waals surface area contributed by atoms with E-state index in [0.717, 1.165) is 0 Å². The highest BCUT2D eigenvalue weighted by Gasteiger charge is 2.18. The van der Waals surface area contributed by atoms with E-state index in [0.29, 0.717) is 22.4 Å². The zero-order valence-corrected chi connectivity index (χ0v) is 13.9. The normalized spacial score (nSPS) is 13.2. The van der Waals surface area contributed by atoms with Crippen molar-refractivity contribution in [2.24, 2.45) is 0 Å². The van der Waals surface area contributed by atoms with Gasteiger partial charge in [-0.15, -0.1) is 11.3 Å². The highest BCUT2D eigenvalue weighted by Crippen LogP contribution is 2.33. The second-order valence-corrected chi connectivity index (χ2v) is 7.07. The van der Waals surface area contributed by atoms with Crippen molar-refractivity contribution in [2.75, 3.05) is 5.32 Å². The lowest BCUT2D eigenvalue weighted by atomic mass is 10.2. The molecule has 0 fully saturated rings. The third-order valence-electron chi connectivity index (χ3n) is 3.66. The average molecular weight is 368 g/mol. The number of aromatic nitrogens is 1. The Labute approximate surface area is 134 Å². The summed E-state index contributed by atoms with van der Waals surface area (Å²) < 4.78 is 0.654. The van der Waals surface area contributed by atoms with Gasteiger partial charge in [-0.2, -0.15) is 0 Å². The van der Waals surface area contributed by atoms with Crippen molar-refractivity contribution in [2.45, 2.75) is 32.7 Å². The minimum Gasteiger partial charge on any atom is -0.364 e. The molecule has 0 aliphatic heterocycles. The number of fused-ring (bicyclic) bond motifs is 1. The first-order chi connectivity index (χ1) is 10.1. The molecule has 0 aromatic carbocycles. The van der Waals surface area contributed by atoms with E-state index >= 15 is 0 Å². The Morgan fingerprint density at radius 3 is 3.05 bits per heavy atom. The molecular weight excluding hydrogens is 354 g/mol. The number of hydrogen-bond acceptors (Lipinski definition) is 5.